The van der Waals surface area contributed by atoms with Gasteiger partial charge in [-0.05, 0) is 55.6 Å². The fourth-order valence-corrected chi connectivity index (χ4v) is 5.26. The van der Waals surface area contributed by atoms with E-state index in [1.165, 1.54) is 32.1 Å². The number of thioether (sulfide) groups is 1. The van der Waals surface area contributed by atoms with Gasteiger partial charge in [0.1, 0.15) is 0 Å². The number of halogens is 1. The van der Waals surface area contributed by atoms with Gasteiger partial charge in [-0.2, -0.15) is 0 Å². The van der Waals surface area contributed by atoms with Gasteiger partial charge in [0.25, 0.3) is 0 Å². The molecule has 2 aliphatic carbocycles. The van der Waals surface area contributed by atoms with Crippen LogP contribution in [-0.4, -0.2) is 11.8 Å². The molecule has 2 aliphatic rings. The third-order valence-corrected chi connectivity index (χ3v) is 6.66. The minimum Gasteiger partial charge on any atom is -0.271 e. The van der Waals surface area contributed by atoms with Gasteiger partial charge < -0.3 is 0 Å². The summed E-state index contributed by atoms with van der Waals surface area (Å²) in [6.07, 6.45) is 7.04. The molecule has 3 rings (SSSR count). The van der Waals surface area contributed by atoms with E-state index >= 15 is 0 Å². The van der Waals surface area contributed by atoms with Crippen LogP contribution < -0.4 is 11.3 Å². The predicted octanol–water partition coefficient (Wildman–Crippen LogP) is 4.09. The van der Waals surface area contributed by atoms with E-state index in [-0.39, 0.29) is 0 Å². The average Bonchev–Trinajstić information content (AvgIpc) is 3.07. The van der Waals surface area contributed by atoms with Gasteiger partial charge in [0.05, 0.1) is 5.02 Å². The molecule has 4 atom stereocenters. The van der Waals surface area contributed by atoms with E-state index in [9.17, 15) is 0 Å². The van der Waals surface area contributed by atoms with Gasteiger partial charge in [0.15, 0.2) is 0 Å². The minimum absolute atomic E-state index is 0.389. The minimum atomic E-state index is 0.389. The van der Waals surface area contributed by atoms with Crippen molar-refractivity contribution in [2.45, 2.75) is 43.0 Å². The van der Waals surface area contributed by atoms with Gasteiger partial charge in [-0.15, -0.1) is 11.8 Å². The number of fused-ring (bicyclic) bond motifs is 2. The van der Waals surface area contributed by atoms with Gasteiger partial charge >= 0.3 is 0 Å². The Morgan fingerprint density at radius 3 is 2.80 bits per heavy atom. The van der Waals surface area contributed by atoms with Crippen LogP contribution >= 0.6 is 23.4 Å². The van der Waals surface area contributed by atoms with Gasteiger partial charge in [0.2, 0.25) is 0 Å². The lowest BCUT2D eigenvalue weighted by atomic mass is 9.84. The predicted molar refractivity (Wildman–Crippen MR) is 86.8 cm³/mol. The van der Waals surface area contributed by atoms with Crippen molar-refractivity contribution in [3.63, 3.8) is 0 Å². The summed E-state index contributed by atoms with van der Waals surface area (Å²) in [5, 5.41) is 0.841. The summed E-state index contributed by atoms with van der Waals surface area (Å²) in [7, 11) is 0. The van der Waals surface area contributed by atoms with Gasteiger partial charge in [0, 0.05) is 16.7 Å². The lowest BCUT2D eigenvalue weighted by Gasteiger charge is -2.26. The van der Waals surface area contributed by atoms with Crippen LogP contribution in [0, 0.1) is 17.8 Å². The summed E-state index contributed by atoms with van der Waals surface area (Å²) < 4.78 is 0. The molecule has 3 N–H and O–H groups in total. The van der Waals surface area contributed by atoms with Crippen molar-refractivity contribution in [3.05, 3.63) is 29.3 Å². The van der Waals surface area contributed by atoms with E-state index in [0.29, 0.717) is 6.04 Å². The van der Waals surface area contributed by atoms with Crippen molar-refractivity contribution in [1.29, 1.82) is 0 Å². The molecule has 1 aromatic rings. The van der Waals surface area contributed by atoms with Crippen molar-refractivity contribution >= 4 is 23.4 Å². The number of benzene rings is 1. The molecule has 2 saturated carbocycles. The molecule has 2 fully saturated rings. The Kier molecular flexibility index (Phi) is 4.92. The highest BCUT2D eigenvalue weighted by Gasteiger charge is 2.39. The molecule has 0 aliphatic heterocycles. The van der Waals surface area contributed by atoms with Crippen molar-refractivity contribution in [2.24, 2.45) is 23.6 Å². The number of nitrogens with two attached hydrogens (primary N) is 1. The largest absolute Gasteiger partial charge is 0.271 e. The lowest BCUT2D eigenvalue weighted by Crippen LogP contribution is -2.39. The van der Waals surface area contributed by atoms with E-state index in [4.69, 9.17) is 17.4 Å². The summed E-state index contributed by atoms with van der Waals surface area (Å²) in [5.41, 5.74) is 3.01. The van der Waals surface area contributed by atoms with E-state index in [2.05, 4.69) is 11.5 Å². The number of hydrogen-bond donors (Lipinski definition) is 2. The van der Waals surface area contributed by atoms with Crippen molar-refractivity contribution in [2.75, 3.05) is 5.75 Å². The number of rotatable bonds is 6. The Hall–Kier alpha value is -0.220. The maximum Gasteiger partial charge on any atom is 0.0541 e. The first-order valence-electron chi connectivity index (χ1n) is 7.59. The van der Waals surface area contributed by atoms with Gasteiger partial charge in [-0.3, -0.25) is 11.3 Å². The third-order valence-electron chi connectivity index (χ3n) is 4.98. The van der Waals surface area contributed by atoms with Crippen LogP contribution in [0.1, 0.15) is 32.1 Å². The summed E-state index contributed by atoms with van der Waals surface area (Å²) in [5.74, 6) is 9.63. The van der Waals surface area contributed by atoms with Crippen LogP contribution in [0.4, 0.5) is 0 Å². The Labute approximate surface area is 130 Å². The molecule has 110 valence electrons. The third kappa shape index (κ3) is 3.33. The first kappa shape index (κ1) is 14.7. The number of hydrogen-bond acceptors (Lipinski definition) is 3. The van der Waals surface area contributed by atoms with Crippen molar-refractivity contribution in [1.82, 2.24) is 5.43 Å². The molecule has 0 spiro atoms. The molecule has 4 unspecified atom stereocenters. The first-order valence-corrected chi connectivity index (χ1v) is 8.96. The molecule has 1 aromatic carbocycles. The van der Waals surface area contributed by atoms with Crippen molar-refractivity contribution in [3.8, 4) is 0 Å². The number of hydrazine groups is 1. The second-order valence-corrected chi connectivity index (χ2v) is 7.74. The lowest BCUT2D eigenvalue weighted by molar-refractivity contribution is 0.287. The normalized spacial score (nSPS) is 29.8. The first-order chi connectivity index (χ1) is 9.76. The van der Waals surface area contributed by atoms with Gasteiger partial charge in [-0.1, -0.05) is 30.2 Å². The summed E-state index contributed by atoms with van der Waals surface area (Å²) >= 11 is 8.01. The van der Waals surface area contributed by atoms with Crippen LogP contribution in [0.5, 0.6) is 0 Å². The Morgan fingerprint density at radius 1 is 1.30 bits per heavy atom. The highest BCUT2D eigenvalue weighted by molar-refractivity contribution is 7.99. The zero-order valence-corrected chi connectivity index (χ0v) is 13.3. The maximum absolute atomic E-state index is 6.20. The second kappa shape index (κ2) is 6.69. The second-order valence-electron chi connectivity index (χ2n) is 6.28. The van der Waals surface area contributed by atoms with Gasteiger partial charge in [-0.25, -0.2) is 0 Å². The van der Waals surface area contributed by atoms with Crippen LogP contribution in [0.2, 0.25) is 5.02 Å². The molecule has 0 amide bonds. The summed E-state index contributed by atoms with van der Waals surface area (Å²) in [6, 6.07) is 8.43. The molecule has 0 heterocycles. The average molecular weight is 311 g/mol. The van der Waals surface area contributed by atoms with Crippen LogP contribution in [-0.2, 0) is 0 Å². The summed E-state index contributed by atoms with van der Waals surface area (Å²) in [4.78, 5) is 1.15. The quantitative estimate of drug-likeness (QED) is 0.472. The molecule has 0 radical (unpaired) electrons. The zero-order valence-electron chi connectivity index (χ0n) is 11.7. The van der Waals surface area contributed by atoms with Crippen LogP contribution in [0.15, 0.2) is 29.2 Å². The molecule has 2 bridgehead atoms. The Balaban J connectivity index is 1.51. The maximum atomic E-state index is 6.20. The molecule has 20 heavy (non-hydrogen) atoms. The van der Waals surface area contributed by atoms with Crippen LogP contribution in [0.3, 0.4) is 0 Å². The Morgan fingerprint density at radius 2 is 2.15 bits per heavy atom. The standard InChI is InChI=1S/C16H23ClN2S/c17-15-3-1-2-4-16(15)20-10-14(19-18)9-13-8-11-5-6-12(13)7-11/h1-4,11-14,19H,5-10,18H2. The molecule has 0 aromatic heterocycles. The van der Waals surface area contributed by atoms with E-state index in [1.807, 2.05) is 30.0 Å². The van der Waals surface area contributed by atoms with E-state index in [1.54, 1.807) is 0 Å². The fourth-order valence-electron chi connectivity index (χ4n) is 3.97. The highest BCUT2D eigenvalue weighted by Crippen LogP contribution is 2.50. The highest BCUT2D eigenvalue weighted by atomic mass is 35.5. The smallest absolute Gasteiger partial charge is 0.0541 e. The molecule has 0 saturated heterocycles. The molecular formula is C16H23ClN2S. The SMILES string of the molecule is NNC(CSc1ccccc1Cl)CC1CC2CCC1C2. The fraction of sp³-hybridized carbons (Fsp3) is 0.625. The summed E-state index contributed by atoms with van der Waals surface area (Å²) in [6.45, 7) is 0. The number of nitrogens with one attached hydrogen (secondary N) is 1. The van der Waals surface area contributed by atoms with E-state index in [0.717, 1.165) is 33.4 Å². The molecule has 2 nitrogen and oxygen atoms in total. The zero-order chi connectivity index (χ0) is 13.9. The van der Waals surface area contributed by atoms with Crippen molar-refractivity contribution < 1.29 is 0 Å². The monoisotopic (exact) mass is 310 g/mol. The van der Waals surface area contributed by atoms with E-state index < -0.39 is 0 Å². The molecular weight excluding hydrogens is 288 g/mol. The Bertz CT molecular complexity index is 454. The molecule has 4 heteroatoms. The van der Waals surface area contributed by atoms with Crippen LogP contribution in [0.25, 0.3) is 0 Å². The topological polar surface area (TPSA) is 38.0 Å².